The average molecular weight is 403 g/mol. The van der Waals surface area contributed by atoms with E-state index in [0.717, 1.165) is 16.8 Å². The fraction of sp³-hybridized carbons (Fsp3) is 0.316. The first kappa shape index (κ1) is 18.6. The normalized spacial score (nSPS) is 16.5. The van der Waals surface area contributed by atoms with Crippen molar-refractivity contribution in [3.8, 4) is 23.0 Å². The first-order valence-corrected chi connectivity index (χ1v) is 10.3. The summed E-state index contributed by atoms with van der Waals surface area (Å²) in [5.41, 5.74) is 3.31. The molecule has 2 aromatic heterocycles. The molecule has 3 heterocycles. The smallest absolute Gasteiger partial charge is 0.274 e. The zero-order valence-electron chi connectivity index (χ0n) is 15.8. The molecule has 0 aliphatic carbocycles. The van der Waals surface area contributed by atoms with Gasteiger partial charge in [-0.1, -0.05) is 12.1 Å². The van der Waals surface area contributed by atoms with E-state index in [1.54, 1.807) is 13.2 Å². The van der Waals surface area contributed by atoms with Crippen LogP contribution in [0.5, 0.6) is 11.5 Å². The summed E-state index contributed by atoms with van der Waals surface area (Å²) in [6.07, 6.45) is 0.497. The Kier molecular flexibility index (Phi) is 4.64. The fourth-order valence-corrected chi connectivity index (χ4v) is 4.38. The first-order valence-electron chi connectivity index (χ1n) is 8.82. The maximum atomic E-state index is 12.8. The van der Waals surface area contributed by atoms with Gasteiger partial charge in [0.25, 0.3) is 10.0 Å². The number of furan rings is 1. The Balaban J connectivity index is 1.53. The number of hydrogen-bond acceptors (Lipinski definition) is 6. The summed E-state index contributed by atoms with van der Waals surface area (Å²) in [6.45, 7) is 4.00. The van der Waals surface area contributed by atoms with Crippen molar-refractivity contribution in [1.82, 2.24) is 14.9 Å². The molecule has 148 valence electrons. The zero-order valence-corrected chi connectivity index (χ0v) is 16.6. The van der Waals surface area contributed by atoms with Crippen molar-refractivity contribution >= 4 is 10.0 Å². The number of ether oxygens (including phenoxy) is 2. The third-order valence-electron chi connectivity index (χ3n) is 4.83. The standard InChI is InChI=1S/C19H21N3O5S/c1-11-12(2)20-21-18(11)15-7-8-17(27-15)28(23,24)22-14-9-13-5-4-6-16(25-3)19(13)26-10-14/h4-8,14,22H,9-10H2,1-3H3,(H,20,21). The molecule has 2 N–H and O–H groups in total. The van der Waals surface area contributed by atoms with Crippen LogP contribution < -0.4 is 14.2 Å². The van der Waals surface area contributed by atoms with Crippen LogP contribution in [-0.2, 0) is 16.4 Å². The molecule has 0 saturated carbocycles. The Hall–Kier alpha value is -2.78. The molecule has 1 unspecified atom stereocenters. The van der Waals surface area contributed by atoms with Gasteiger partial charge in [-0.15, -0.1) is 0 Å². The largest absolute Gasteiger partial charge is 0.493 e. The van der Waals surface area contributed by atoms with Crippen LogP contribution in [0.25, 0.3) is 11.5 Å². The van der Waals surface area contributed by atoms with Crippen LogP contribution in [0, 0.1) is 13.8 Å². The number of aromatic nitrogens is 2. The summed E-state index contributed by atoms with van der Waals surface area (Å²) in [5.74, 6) is 1.70. The molecule has 0 radical (unpaired) electrons. The number of aromatic amines is 1. The Labute approximate surface area is 162 Å². The molecule has 28 heavy (non-hydrogen) atoms. The van der Waals surface area contributed by atoms with Gasteiger partial charge in [0, 0.05) is 11.3 Å². The molecule has 0 amide bonds. The third-order valence-corrected chi connectivity index (χ3v) is 6.22. The van der Waals surface area contributed by atoms with Gasteiger partial charge in [-0.05, 0) is 44.0 Å². The number of aryl methyl sites for hydroxylation is 1. The predicted octanol–water partition coefficient (Wildman–Crippen LogP) is 2.58. The molecule has 4 rings (SSSR count). The van der Waals surface area contributed by atoms with E-state index >= 15 is 0 Å². The van der Waals surface area contributed by atoms with Crippen LogP contribution in [0.1, 0.15) is 16.8 Å². The second kappa shape index (κ2) is 6.99. The van der Waals surface area contributed by atoms with Gasteiger partial charge < -0.3 is 13.9 Å². The van der Waals surface area contributed by atoms with E-state index in [-0.39, 0.29) is 11.7 Å². The van der Waals surface area contributed by atoms with E-state index in [0.29, 0.717) is 29.4 Å². The van der Waals surface area contributed by atoms with E-state index in [1.165, 1.54) is 6.07 Å². The van der Waals surface area contributed by atoms with Gasteiger partial charge in [0.05, 0.1) is 13.2 Å². The second-order valence-electron chi connectivity index (χ2n) is 6.72. The van der Waals surface area contributed by atoms with Crippen LogP contribution in [0.15, 0.2) is 39.8 Å². The Morgan fingerprint density at radius 2 is 2.07 bits per heavy atom. The van der Waals surface area contributed by atoms with Crippen molar-refractivity contribution in [2.24, 2.45) is 0 Å². The number of H-pyrrole nitrogens is 1. The predicted molar refractivity (Wildman–Crippen MR) is 102 cm³/mol. The lowest BCUT2D eigenvalue weighted by Crippen LogP contribution is -2.42. The minimum absolute atomic E-state index is 0.154. The lowest BCUT2D eigenvalue weighted by atomic mass is 10.0. The number of rotatable bonds is 5. The van der Waals surface area contributed by atoms with Crippen molar-refractivity contribution in [2.45, 2.75) is 31.4 Å². The summed E-state index contributed by atoms with van der Waals surface area (Å²) in [4.78, 5) is 0. The number of nitrogens with zero attached hydrogens (tertiary/aromatic N) is 1. The van der Waals surface area contributed by atoms with Gasteiger partial charge in [-0.3, -0.25) is 5.10 Å². The summed E-state index contributed by atoms with van der Waals surface area (Å²) >= 11 is 0. The van der Waals surface area contributed by atoms with Crippen molar-refractivity contribution in [1.29, 1.82) is 0 Å². The molecule has 3 aromatic rings. The van der Waals surface area contributed by atoms with E-state index < -0.39 is 16.1 Å². The zero-order chi connectivity index (χ0) is 19.9. The highest BCUT2D eigenvalue weighted by Crippen LogP contribution is 2.35. The molecule has 1 aliphatic heterocycles. The Bertz CT molecular complexity index is 1120. The minimum atomic E-state index is -3.84. The molecule has 9 heteroatoms. The Morgan fingerprint density at radius 1 is 1.25 bits per heavy atom. The van der Waals surface area contributed by atoms with Crippen LogP contribution in [-0.4, -0.2) is 38.4 Å². The van der Waals surface area contributed by atoms with Crippen molar-refractivity contribution < 1.29 is 22.3 Å². The number of fused-ring (bicyclic) bond motifs is 1. The first-order chi connectivity index (χ1) is 13.4. The summed E-state index contributed by atoms with van der Waals surface area (Å²) in [6, 6.07) is 8.19. The summed E-state index contributed by atoms with van der Waals surface area (Å²) < 4.78 is 44.8. The second-order valence-corrected chi connectivity index (χ2v) is 8.37. The van der Waals surface area contributed by atoms with Crippen LogP contribution in [0.3, 0.4) is 0 Å². The maximum absolute atomic E-state index is 12.8. The van der Waals surface area contributed by atoms with E-state index in [1.807, 2.05) is 32.0 Å². The number of methoxy groups -OCH3 is 1. The summed E-state index contributed by atoms with van der Waals surface area (Å²) in [5, 5.41) is 6.88. The van der Waals surface area contributed by atoms with Gasteiger partial charge in [-0.2, -0.15) is 5.10 Å². The fourth-order valence-electron chi connectivity index (χ4n) is 3.22. The molecular formula is C19H21N3O5S. The van der Waals surface area contributed by atoms with Crippen LogP contribution in [0.4, 0.5) is 0 Å². The highest BCUT2D eigenvalue weighted by atomic mass is 32.2. The SMILES string of the molecule is COc1cccc2c1OCC(NS(=O)(=O)c1ccc(-c3n[nH]c(C)c3C)o1)C2. The molecule has 0 spiro atoms. The monoisotopic (exact) mass is 403 g/mol. The van der Waals surface area contributed by atoms with Crippen LogP contribution in [0.2, 0.25) is 0 Å². The maximum Gasteiger partial charge on any atom is 0.274 e. The van der Waals surface area contributed by atoms with E-state index in [4.69, 9.17) is 13.9 Å². The molecule has 0 bridgehead atoms. The number of hydrogen-bond donors (Lipinski definition) is 2. The molecule has 1 atom stereocenters. The number of para-hydroxylation sites is 1. The molecule has 1 aliphatic rings. The van der Waals surface area contributed by atoms with Crippen LogP contribution >= 0.6 is 0 Å². The molecule has 0 saturated heterocycles. The van der Waals surface area contributed by atoms with Gasteiger partial charge >= 0.3 is 0 Å². The molecule has 0 fully saturated rings. The van der Waals surface area contributed by atoms with Crippen molar-refractivity contribution in [2.75, 3.05) is 13.7 Å². The topological polar surface area (TPSA) is 106 Å². The van der Waals surface area contributed by atoms with Crippen molar-refractivity contribution in [3.05, 3.63) is 47.2 Å². The van der Waals surface area contributed by atoms with E-state index in [2.05, 4.69) is 14.9 Å². The van der Waals surface area contributed by atoms with Gasteiger partial charge in [0.1, 0.15) is 12.3 Å². The minimum Gasteiger partial charge on any atom is -0.493 e. The lowest BCUT2D eigenvalue weighted by Gasteiger charge is -2.26. The third kappa shape index (κ3) is 3.27. The van der Waals surface area contributed by atoms with E-state index in [9.17, 15) is 8.42 Å². The van der Waals surface area contributed by atoms with Gasteiger partial charge in [-0.25, -0.2) is 13.1 Å². The van der Waals surface area contributed by atoms with Gasteiger partial charge in [0.2, 0.25) is 5.09 Å². The highest BCUT2D eigenvalue weighted by Gasteiger charge is 2.29. The quantitative estimate of drug-likeness (QED) is 0.678. The highest BCUT2D eigenvalue weighted by molar-refractivity contribution is 7.89. The lowest BCUT2D eigenvalue weighted by molar-refractivity contribution is 0.240. The average Bonchev–Trinajstić information content (AvgIpc) is 3.29. The number of sulfonamides is 1. The number of nitrogens with one attached hydrogen (secondary N) is 2. The van der Waals surface area contributed by atoms with Crippen molar-refractivity contribution in [3.63, 3.8) is 0 Å². The molecular weight excluding hydrogens is 382 g/mol. The summed E-state index contributed by atoms with van der Waals surface area (Å²) in [7, 11) is -2.26. The Morgan fingerprint density at radius 3 is 2.79 bits per heavy atom. The molecule has 1 aromatic carbocycles. The number of benzene rings is 1. The molecule has 8 nitrogen and oxygen atoms in total. The van der Waals surface area contributed by atoms with Gasteiger partial charge in [0.15, 0.2) is 17.3 Å².